The van der Waals surface area contributed by atoms with E-state index in [1.54, 1.807) is 12.1 Å². The second-order valence-electron chi connectivity index (χ2n) is 4.10. The van der Waals surface area contributed by atoms with Crippen LogP contribution in [0.2, 0.25) is 0 Å². The summed E-state index contributed by atoms with van der Waals surface area (Å²) in [5.41, 5.74) is 1.57. The van der Waals surface area contributed by atoms with Gasteiger partial charge in [0.2, 0.25) is 0 Å². The van der Waals surface area contributed by atoms with Gasteiger partial charge in [-0.15, -0.1) is 0 Å². The van der Waals surface area contributed by atoms with Crippen molar-refractivity contribution < 1.29 is 9.53 Å². The van der Waals surface area contributed by atoms with Crippen molar-refractivity contribution in [2.24, 2.45) is 0 Å². The first-order valence-electron chi connectivity index (χ1n) is 5.86. The van der Waals surface area contributed by atoms with Gasteiger partial charge in [-0.25, -0.2) is 4.79 Å². The van der Waals surface area contributed by atoms with Crippen LogP contribution in [0.4, 0.5) is 0 Å². The summed E-state index contributed by atoms with van der Waals surface area (Å²) in [6, 6.07) is 18.9. The van der Waals surface area contributed by atoms with Gasteiger partial charge < -0.3 is 4.74 Å². The zero-order valence-corrected chi connectivity index (χ0v) is 16.8. The van der Waals surface area contributed by atoms with Crippen LogP contribution in [0.3, 0.4) is 0 Å². The highest BCUT2D eigenvalue weighted by atomic mass is 127. The molecule has 0 aliphatic carbocycles. The van der Waals surface area contributed by atoms with Crippen LogP contribution in [0.1, 0.15) is 22.0 Å². The third-order valence-electron chi connectivity index (χ3n) is 2.63. The number of hydrogen-bond donors (Lipinski definition) is 0. The predicted octanol–water partition coefficient (Wildman–Crippen LogP) is 5.54. The van der Waals surface area contributed by atoms with Crippen molar-refractivity contribution in [1.29, 1.82) is 0 Å². The van der Waals surface area contributed by atoms with Crippen LogP contribution < -0.4 is 0 Å². The maximum absolute atomic E-state index is 12.2. The van der Waals surface area contributed by atoms with Crippen LogP contribution in [0.5, 0.6) is 0 Å². The molecule has 1 unspecified atom stereocenters. The van der Waals surface area contributed by atoms with Crippen LogP contribution >= 0.6 is 67.8 Å². The number of halogens is 3. The van der Waals surface area contributed by atoms with E-state index in [1.807, 2.05) is 48.5 Å². The first-order valence-corrected chi connectivity index (χ1v) is 9.10. The zero-order chi connectivity index (χ0) is 14.6. The number of carbonyl (C=O) groups is 1. The Kier molecular flexibility index (Phi) is 6.09. The molecule has 5 heteroatoms. The van der Waals surface area contributed by atoms with E-state index in [1.165, 1.54) is 0 Å². The predicted molar refractivity (Wildman–Crippen MR) is 106 cm³/mol. The van der Waals surface area contributed by atoms with E-state index >= 15 is 0 Å². The quantitative estimate of drug-likeness (QED) is 0.261. The zero-order valence-electron chi connectivity index (χ0n) is 10.3. The number of esters is 1. The Balaban J connectivity index is 2.24. The normalized spacial score (nSPS) is 12.8. The van der Waals surface area contributed by atoms with Gasteiger partial charge in [0, 0.05) is 0 Å². The molecular formula is C15H11I3O2. The Hall–Kier alpha value is 0.1000. The van der Waals surface area contributed by atoms with E-state index in [2.05, 4.69) is 67.8 Å². The molecule has 0 amide bonds. The maximum Gasteiger partial charge on any atom is 0.338 e. The highest BCUT2D eigenvalue weighted by Crippen LogP contribution is 2.48. The van der Waals surface area contributed by atoms with Crippen LogP contribution in [-0.2, 0) is 4.74 Å². The van der Waals surface area contributed by atoms with Gasteiger partial charge in [-0.2, -0.15) is 0 Å². The first kappa shape index (κ1) is 16.5. The summed E-state index contributed by atoms with van der Waals surface area (Å²) in [5, 5.41) is 0. The smallest absolute Gasteiger partial charge is 0.338 e. The Morgan fingerprint density at radius 3 is 1.90 bits per heavy atom. The number of carbonyl (C=O) groups excluding carboxylic acids is 1. The second-order valence-corrected chi connectivity index (χ2v) is 15.4. The van der Waals surface area contributed by atoms with Crippen molar-refractivity contribution in [3.63, 3.8) is 0 Å². The average Bonchev–Trinajstić information content (AvgIpc) is 2.45. The monoisotopic (exact) mass is 604 g/mol. The number of hydrogen-bond acceptors (Lipinski definition) is 2. The van der Waals surface area contributed by atoms with Gasteiger partial charge in [-0.3, -0.25) is 0 Å². The summed E-state index contributed by atoms with van der Waals surface area (Å²) >= 11 is 6.87. The second kappa shape index (κ2) is 7.39. The van der Waals surface area contributed by atoms with Crippen LogP contribution in [0.15, 0.2) is 60.7 Å². The van der Waals surface area contributed by atoms with Crippen molar-refractivity contribution in [3.05, 3.63) is 71.8 Å². The topological polar surface area (TPSA) is 26.3 Å². The summed E-state index contributed by atoms with van der Waals surface area (Å²) < 4.78 is 5.47. The molecule has 2 aromatic rings. The molecule has 0 fully saturated rings. The molecule has 2 nitrogen and oxygen atoms in total. The van der Waals surface area contributed by atoms with Gasteiger partial charge in [0.1, 0.15) is 0 Å². The van der Waals surface area contributed by atoms with Crippen molar-refractivity contribution in [1.82, 2.24) is 0 Å². The number of ether oxygens (including phenoxy) is 1. The lowest BCUT2D eigenvalue weighted by molar-refractivity contribution is 0.0339. The fourth-order valence-corrected chi connectivity index (χ4v) is 3.16. The number of rotatable bonds is 4. The highest BCUT2D eigenvalue weighted by Gasteiger charge is 2.35. The van der Waals surface area contributed by atoms with E-state index in [0.29, 0.717) is 5.56 Å². The molecule has 0 bridgehead atoms. The molecule has 0 aliphatic heterocycles. The summed E-state index contributed by atoms with van der Waals surface area (Å²) in [6.45, 7) is 0. The summed E-state index contributed by atoms with van der Waals surface area (Å²) in [7, 11) is 0. The fraction of sp³-hybridized carbons (Fsp3) is 0.133. The minimum absolute atomic E-state index is 0.251. The van der Waals surface area contributed by atoms with Crippen molar-refractivity contribution in [2.45, 2.75) is 5.54 Å². The van der Waals surface area contributed by atoms with Crippen LogP contribution in [-0.4, -0.2) is 5.40 Å². The third-order valence-corrected chi connectivity index (χ3v) is 4.33. The summed E-state index contributed by atoms with van der Waals surface area (Å²) in [4.78, 5) is 12.2. The minimum Gasteiger partial charge on any atom is -0.451 e. The van der Waals surface area contributed by atoms with Crippen molar-refractivity contribution in [3.8, 4) is 0 Å². The molecular weight excluding hydrogens is 593 g/mol. The molecule has 0 spiro atoms. The molecule has 0 aliphatic rings. The van der Waals surface area contributed by atoms with Gasteiger partial charge >= 0.3 is 5.97 Å². The SMILES string of the molecule is O=C(OC(c1ccccc1)C(I)(I)I)c1ccccc1. The molecule has 0 radical (unpaired) electrons. The van der Waals surface area contributed by atoms with Gasteiger partial charge in [0.15, 0.2) is 5.54 Å². The molecule has 0 saturated heterocycles. The molecule has 0 saturated carbocycles. The molecule has 0 N–H and O–H groups in total. The molecule has 0 heterocycles. The van der Waals surface area contributed by atoms with Gasteiger partial charge in [-0.05, 0) is 17.7 Å². The minimum atomic E-state index is -0.307. The number of benzene rings is 2. The van der Waals surface area contributed by atoms with E-state index < -0.39 is 0 Å². The lowest BCUT2D eigenvalue weighted by Crippen LogP contribution is -2.22. The van der Waals surface area contributed by atoms with Gasteiger partial charge in [-0.1, -0.05) is 116 Å². The molecule has 2 aromatic carbocycles. The van der Waals surface area contributed by atoms with E-state index in [4.69, 9.17) is 4.74 Å². The Morgan fingerprint density at radius 1 is 0.900 bits per heavy atom. The molecule has 20 heavy (non-hydrogen) atoms. The lowest BCUT2D eigenvalue weighted by atomic mass is 10.1. The van der Waals surface area contributed by atoms with Crippen LogP contribution in [0, 0.1) is 0 Å². The molecule has 0 aromatic heterocycles. The third kappa shape index (κ3) is 4.55. The average molecular weight is 604 g/mol. The maximum atomic E-state index is 12.2. The standard InChI is InChI=1S/C15H11I3O2/c16-15(17,18)13(11-7-3-1-4-8-11)20-14(19)12-9-5-2-6-10-12/h1-10,13H. The van der Waals surface area contributed by atoms with Gasteiger partial charge in [0.25, 0.3) is 0 Å². The molecule has 2 rings (SSSR count). The van der Waals surface area contributed by atoms with Crippen LogP contribution in [0.25, 0.3) is 0 Å². The molecule has 1 atom stereocenters. The Morgan fingerprint density at radius 2 is 1.40 bits per heavy atom. The Labute approximate surface area is 159 Å². The Bertz CT molecular complexity index is 565. The summed E-state index contributed by atoms with van der Waals surface area (Å²) in [6.07, 6.45) is -0.307. The largest absolute Gasteiger partial charge is 0.451 e. The highest BCUT2D eigenvalue weighted by molar-refractivity contribution is 14.3. The summed E-state index contributed by atoms with van der Waals surface area (Å²) in [5.74, 6) is -0.297. The van der Waals surface area contributed by atoms with Crippen molar-refractivity contribution >= 4 is 73.7 Å². The molecule has 104 valence electrons. The van der Waals surface area contributed by atoms with Crippen molar-refractivity contribution in [2.75, 3.05) is 0 Å². The van der Waals surface area contributed by atoms with E-state index in [0.717, 1.165) is 5.56 Å². The van der Waals surface area contributed by atoms with Gasteiger partial charge in [0.05, 0.1) is 5.56 Å². The lowest BCUT2D eigenvalue weighted by Gasteiger charge is -2.26. The first-order chi connectivity index (χ1) is 9.48. The van der Waals surface area contributed by atoms with E-state index in [-0.39, 0.29) is 11.5 Å². The fourth-order valence-electron chi connectivity index (χ4n) is 1.70. The van der Waals surface area contributed by atoms with E-state index in [9.17, 15) is 4.79 Å². The number of alkyl halides is 3.